The van der Waals surface area contributed by atoms with Crippen molar-refractivity contribution < 1.29 is 55.8 Å². The normalized spacial score (nSPS) is 18.6. The molecule has 38 heavy (non-hydrogen) atoms. The molecule has 0 spiro atoms. The fourth-order valence-electron chi connectivity index (χ4n) is 3.42. The summed E-state index contributed by atoms with van der Waals surface area (Å²) in [5.41, 5.74) is -2.46. The standard InChI is InChI=1S/C23H18F5N3O7/c1-9(29-20(34)21(35)30-14-5-3-2-4-11(14)24)19(33)31-23(7-10(23)22(36)37)15(32)8-38-18-16(27)12(25)6-13(26)17(18)28/h2-6,9-10H,7-8H2,1H3,(H,29,34)(H,30,35)(H,31,33)(H,36,37)/t9-,10?,23?/m0/s1. The van der Waals surface area contributed by atoms with E-state index in [-0.39, 0.29) is 11.8 Å². The fourth-order valence-corrected chi connectivity index (χ4v) is 3.42. The van der Waals surface area contributed by atoms with Gasteiger partial charge in [-0.3, -0.25) is 24.0 Å². The van der Waals surface area contributed by atoms with E-state index in [9.17, 15) is 51.0 Å². The summed E-state index contributed by atoms with van der Waals surface area (Å²) in [5.74, 6) is -18.0. The van der Waals surface area contributed by atoms with E-state index in [1.165, 1.54) is 18.2 Å². The molecule has 2 aromatic carbocycles. The summed E-state index contributed by atoms with van der Waals surface area (Å²) in [5, 5.41) is 15.4. The number of benzene rings is 2. The van der Waals surface area contributed by atoms with Gasteiger partial charge in [-0.05, 0) is 25.5 Å². The number of Topliss-reactive ketones (excluding diaryl/α,β-unsaturated/α-hetero) is 1. The van der Waals surface area contributed by atoms with E-state index in [1.54, 1.807) is 0 Å². The second-order valence-corrected chi connectivity index (χ2v) is 8.19. The lowest BCUT2D eigenvalue weighted by molar-refractivity contribution is -0.141. The minimum absolute atomic E-state index is 0.0886. The van der Waals surface area contributed by atoms with Crippen molar-refractivity contribution in [1.82, 2.24) is 10.6 Å². The number of amides is 3. The van der Waals surface area contributed by atoms with Gasteiger partial charge in [-0.2, -0.15) is 8.78 Å². The van der Waals surface area contributed by atoms with Crippen LogP contribution >= 0.6 is 0 Å². The number of carboxylic acids is 1. The molecule has 10 nitrogen and oxygen atoms in total. The molecule has 1 saturated carbocycles. The zero-order valence-electron chi connectivity index (χ0n) is 19.2. The monoisotopic (exact) mass is 543 g/mol. The van der Waals surface area contributed by atoms with Crippen molar-refractivity contribution in [2.45, 2.75) is 24.9 Å². The van der Waals surface area contributed by atoms with E-state index in [2.05, 4.69) is 10.1 Å². The Labute approximate surface area is 210 Å². The molecule has 0 aromatic heterocycles. The molecule has 202 valence electrons. The number of carbonyl (C=O) groups excluding carboxylic acids is 4. The number of para-hydroxylation sites is 1. The third kappa shape index (κ3) is 5.71. The quantitative estimate of drug-likeness (QED) is 0.212. The molecule has 3 atom stereocenters. The van der Waals surface area contributed by atoms with Gasteiger partial charge in [0, 0.05) is 6.07 Å². The number of nitrogens with one attached hydrogen (secondary N) is 3. The van der Waals surface area contributed by atoms with Gasteiger partial charge in [0.1, 0.15) is 24.0 Å². The van der Waals surface area contributed by atoms with Gasteiger partial charge in [-0.1, -0.05) is 12.1 Å². The van der Waals surface area contributed by atoms with Crippen LogP contribution in [0.15, 0.2) is 30.3 Å². The largest absolute Gasteiger partial charge is 0.481 e. The molecule has 3 amide bonds. The van der Waals surface area contributed by atoms with Gasteiger partial charge < -0.3 is 25.8 Å². The molecule has 1 aliphatic carbocycles. The predicted octanol–water partition coefficient (Wildman–Crippen LogP) is 1.43. The van der Waals surface area contributed by atoms with E-state index in [4.69, 9.17) is 0 Å². The van der Waals surface area contributed by atoms with Crippen LogP contribution in [-0.2, 0) is 24.0 Å². The van der Waals surface area contributed by atoms with Crippen molar-refractivity contribution in [3.05, 3.63) is 59.4 Å². The average molecular weight is 543 g/mol. The van der Waals surface area contributed by atoms with Gasteiger partial charge in [0.25, 0.3) is 0 Å². The SMILES string of the molecule is C[C@H](NC(=O)C(=O)Nc1ccccc1F)C(=O)NC1(C(=O)COc2c(F)c(F)cc(F)c2F)CC1C(=O)O. The molecule has 4 N–H and O–H groups in total. The smallest absolute Gasteiger partial charge is 0.313 e. The maximum Gasteiger partial charge on any atom is 0.313 e. The van der Waals surface area contributed by atoms with Crippen LogP contribution in [0.3, 0.4) is 0 Å². The molecule has 1 fully saturated rings. The summed E-state index contributed by atoms with van der Waals surface area (Å²) in [6.07, 6.45) is -0.479. The maximum absolute atomic E-state index is 13.8. The fraction of sp³-hybridized carbons (Fsp3) is 0.261. The van der Waals surface area contributed by atoms with Crippen molar-refractivity contribution >= 4 is 35.2 Å². The lowest BCUT2D eigenvalue weighted by atomic mass is 10.1. The van der Waals surface area contributed by atoms with Gasteiger partial charge >= 0.3 is 17.8 Å². The molecule has 2 unspecified atom stereocenters. The molecule has 2 aromatic rings. The van der Waals surface area contributed by atoms with Crippen LogP contribution < -0.4 is 20.7 Å². The lowest BCUT2D eigenvalue weighted by Gasteiger charge is -2.21. The summed E-state index contributed by atoms with van der Waals surface area (Å²) >= 11 is 0. The van der Waals surface area contributed by atoms with Crippen molar-refractivity contribution in [1.29, 1.82) is 0 Å². The van der Waals surface area contributed by atoms with Crippen molar-refractivity contribution in [3.8, 4) is 5.75 Å². The van der Waals surface area contributed by atoms with E-state index in [0.29, 0.717) is 0 Å². The maximum atomic E-state index is 13.8. The van der Waals surface area contributed by atoms with Crippen LogP contribution in [0.25, 0.3) is 0 Å². The van der Waals surface area contributed by atoms with Gasteiger partial charge in [0.2, 0.25) is 17.5 Å². The zero-order chi connectivity index (χ0) is 28.4. The number of hydrogen-bond donors (Lipinski definition) is 4. The molecule has 0 saturated heterocycles. The van der Waals surface area contributed by atoms with Crippen LogP contribution in [0.2, 0.25) is 0 Å². The van der Waals surface area contributed by atoms with Gasteiger partial charge in [-0.15, -0.1) is 0 Å². The van der Waals surface area contributed by atoms with Gasteiger partial charge in [0.15, 0.2) is 23.2 Å². The first-order valence-corrected chi connectivity index (χ1v) is 10.7. The summed E-state index contributed by atoms with van der Waals surface area (Å²) in [4.78, 5) is 60.9. The molecule has 0 aliphatic heterocycles. The Bertz CT molecular complexity index is 1310. The topological polar surface area (TPSA) is 151 Å². The lowest BCUT2D eigenvalue weighted by Crippen LogP contribution is -2.55. The summed E-state index contributed by atoms with van der Waals surface area (Å²) < 4.78 is 72.5. The summed E-state index contributed by atoms with van der Waals surface area (Å²) in [6.45, 7) is -0.205. The Kier molecular flexibility index (Phi) is 7.98. The molecular weight excluding hydrogens is 525 g/mol. The minimum Gasteiger partial charge on any atom is -0.481 e. The van der Waals surface area contributed by atoms with Crippen molar-refractivity contribution in [2.24, 2.45) is 5.92 Å². The summed E-state index contributed by atoms with van der Waals surface area (Å²) in [7, 11) is 0. The highest BCUT2D eigenvalue weighted by molar-refractivity contribution is 6.40. The first-order chi connectivity index (χ1) is 17.8. The van der Waals surface area contributed by atoms with Gasteiger partial charge in [-0.25, -0.2) is 13.2 Å². The third-order valence-electron chi connectivity index (χ3n) is 5.59. The number of halogens is 5. The number of carbonyl (C=O) groups is 5. The Morgan fingerprint density at radius 3 is 2.16 bits per heavy atom. The molecule has 1 aliphatic rings. The number of anilines is 1. The first-order valence-electron chi connectivity index (χ1n) is 10.7. The first kappa shape index (κ1) is 28.0. The zero-order valence-corrected chi connectivity index (χ0v) is 19.2. The highest BCUT2D eigenvalue weighted by Crippen LogP contribution is 2.45. The van der Waals surface area contributed by atoms with E-state index >= 15 is 0 Å². The number of aliphatic carboxylic acids is 1. The van der Waals surface area contributed by atoms with Crippen LogP contribution in [-0.4, -0.2) is 52.8 Å². The second-order valence-electron chi connectivity index (χ2n) is 8.19. The molecule has 0 heterocycles. The number of ketones is 1. The predicted molar refractivity (Wildman–Crippen MR) is 116 cm³/mol. The highest BCUT2D eigenvalue weighted by Gasteiger charge is 2.65. The van der Waals surface area contributed by atoms with Crippen LogP contribution in [0.4, 0.5) is 27.6 Å². The Balaban J connectivity index is 1.66. The molecule has 3 rings (SSSR count). The van der Waals surface area contributed by atoms with Crippen LogP contribution in [0.1, 0.15) is 13.3 Å². The van der Waals surface area contributed by atoms with E-state index in [1.807, 2.05) is 10.6 Å². The molecular formula is C23H18F5N3O7. The molecule has 0 radical (unpaired) electrons. The van der Waals surface area contributed by atoms with Crippen LogP contribution in [0, 0.1) is 35.0 Å². The number of hydrogen-bond acceptors (Lipinski definition) is 6. The van der Waals surface area contributed by atoms with E-state index in [0.717, 1.165) is 13.0 Å². The molecule has 15 heteroatoms. The highest BCUT2D eigenvalue weighted by atomic mass is 19.2. The number of ether oxygens (including phenoxy) is 1. The number of carboxylic acid groups (broad SMARTS) is 1. The third-order valence-corrected chi connectivity index (χ3v) is 5.59. The Hall–Kier alpha value is -4.56. The van der Waals surface area contributed by atoms with Crippen LogP contribution in [0.5, 0.6) is 5.75 Å². The van der Waals surface area contributed by atoms with E-state index < -0.39 is 94.8 Å². The molecule has 0 bridgehead atoms. The Morgan fingerprint density at radius 1 is 1.00 bits per heavy atom. The van der Waals surface area contributed by atoms with Crippen molar-refractivity contribution in [2.75, 3.05) is 11.9 Å². The summed E-state index contributed by atoms with van der Waals surface area (Å²) in [6, 6.07) is 3.30. The minimum atomic E-state index is -2.14. The van der Waals surface area contributed by atoms with Gasteiger partial charge in [0.05, 0.1) is 11.6 Å². The second kappa shape index (κ2) is 10.8. The number of rotatable bonds is 9. The van der Waals surface area contributed by atoms with Crippen molar-refractivity contribution in [3.63, 3.8) is 0 Å². The Morgan fingerprint density at radius 2 is 1.61 bits per heavy atom. The average Bonchev–Trinajstić information content (AvgIpc) is 3.59.